The summed E-state index contributed by atoms with van der Waals surface area (Å²) in [7, 11) is 1.67. The third-order valence-electron chi connectivity index (χ3n) is 5.75. The fourth-order valence-electron chi connectivity index (χ4n) is 3.59. The summed E-state index contributed by atoms with van der Waals surface area (Å²) in [6.07, 6.45) is 0. The van der Waals surface area contributed by atoms with Crippen LogP contribution in [0.2, 0.25) is 10.0 Å². The predicted octanol–water partition coefficient (Wildman–Crippen LogP) is 4.24. The van der Waals surface area contributed by atoms with E-state index in [-0.39, 0.29) is 29.1 Å². The number of nitrogens with one attached hydrogen (secondary N) is 1. The molecule has 1 N–H and O–H groups in total. The zero-order valence-electron chi connectivity index (χ0n) is 21.5. The molecule has 0 atom stereocenters. The molecule has 10 nitrogen and oxygen atoms in total. The van der Waals surface area contributed by atoms with Crippen LogP contribution in [0.25, 0.3) is 0 Å². The Morgan fingerprint density at radius 3 is 2.68 bits per heavy atom. The van der Waals surface area contributed by atoms with Gasteiger partial charge in [-0.1, -0.05) is 35.3 Å². The number of nitrogens with zero attached hydrogens (tertiary/aromatic N) is 4. The normalized spacial score (nSPS) is 13.2. The number of likely N-dealkylation sites (N-methyl/N-ethyl adjacent to an activating group) is 2. The van der Waals surface area contributed by atoms with E-state index in [1.165, 1.54) is 6.07 Å². The van der Waals surface area contributed by atoms with Crippen molar-refractivity contribution in [1.82, 2.24) is 14.9 Å². The molecule has 1 aromatic heterocycles. The summed E-state index contributed by atoms with van der Waals surface area (Å²) in [6, 6.07) is 9.94. The summed E-state index contributed by atoms with van der Waals surface area (Å²) >= 11 is 12.5. The second kappa shape index (κ2) is 11.8. The molecule has 0 saturated heterocycles. The predicted molar refractivity (Wildman–Crippen MR) is 148 cm³/mol. The van der Waals surface area contributed by atoms with Crippen molar-refractivity contribution in [2.24, 2.45) is 0 Å². The van der Waals surface area contributed by atoms with Crippen molar-refractivity contribution in [3.05, 3.63) is 57.6 Å². The van der Waals surface area contributed by atoms with E-state index < -0.39 is 10.0 Å². The molecule has 0 radical (unpaired) electrons. The molecule has 0 amide bonds. The summed E-state index contributed by atoms with van der Waals surface area (Å²) in [4.78, 5) is 12.8. The van der Waals surface area contributed by atoms with E-state index in [4.69, 9.17) is 37.4 Å². The largest absolute Gasteiger partial charge is 0.491 e. The van der Waals surface area contributed by atoms with Gasteiger partial charge < -0.3 is 24.0 Å². The molecule has 2 aromatic carbocycles. The Balaban J connectivity index is 1.62. The SMILES string of the molecule is Cc1c(Cl)cccc1S(=O)(=O)Nc1nc2c(nc1OCc1ccc(Cl)c(OCCN(C)C)c1)OCCN2C. The average molecular weight is 583 g/mol. The number of sulfonamides is 1. The number of aromatic nitrogens is 2. The lowest BCUT2D eigenvalue weighted by Crippen LogP contribution is -2.31. The summed E-state index contributed by atoms with van der Waals surface area (Å²) < 4.78 is 46.6. The second-order valence-corrected chi connectivity index (χ2v) is 11.4. The molecule has 38 heavy (non-hydrogen) atoms. The zero-order valence-corrected chi connectivity index (χ0v) is 23.8. The maximum atomic E-state index is 13.3. The van der Waals surface area contributed by atoms with Gasteiger partial charge in [-0.25, -0.2) is 13.4 Å². The third-order valence-corrected chi connectivity index (χ3v) is 7.95. The van der Waals surface area contributed by atoms with Crippen molar-refractivity contribution in [2.45, 2.75) is 18.4 Å². The molecule has 0 aliphatic carbocycles. The highest BCUT2D eigenvalue weighted by Gasteiger charge is 2.27. The van der Waals surface area contributed by atoms with Crippen molar-refractivity contribution in [1.29, 1.82) is 0 Å². The van der Waals surface area contributed by atoms with Gasteiger partial charge in [0.15, 0.2) is 5.82 Å². The molecule has 4 rings (SSSR count). The van der Waals surface area contributed by atoms with Crippen LogP contribution >= 0.6 is 23.2 Å². The van der Waals surface area contributed by atoms with Gasteiger partial charge in [-0.2, -0.15) is 4.98 Å². The Labute approximate surface area is 232 Å². The van der Waals surface area contributed by atoms with Crippen LogP contribution in [0.1, 0.15) is 11.1 Å². The minimum absolute atomic E-state index is 0.0253. The maximum Gasteiger partial charge on any atom is 0.263 e. The Hall–Kier alpha value is -2.99. The van der Waals surface area contributed by atoms with Crippen LogP contribution in [0.15, 0.2) is 41.3 Å². The molecule has 204 valence electrons. The van der Waals surface area contributed by atoms with Gasteiger partial charge in [0.2, 0.25) is 5.82 Å². The highest BCUT2D eigenvalue weighted by Crippen LogP contribution is 2.35. The average Bonchev–Trinajstić information content (AvgIpc) is 2.86. The maximum absolute atomic E-state index is 13.3. The van der Waals surface area contributed by atoms with Crippen LogP contribution in [-0.4, -0.2) is 70.7 Å². The zero-order chi connectivity index (χ0) is 27.4. The lowest BCUT2D eigenvalue weighted by atomic mass is 10.2. The minimum Gasteiger partial charge on any atom is -0.491 e. The molecule has 0 unspecified atom stereocenters. The van der Waals surface area contributed by atoms with Crippen molar-refractivity contribution < 1.29 is 22.6 Å². The van der Waals surface area contributed by atoms with Gasteiger partial charge in [0, 0.05) is 18.6 Å². The van der Waals surface area contributed by atoms with Crippen molar-refractivity contribution in [2.75, 3.05) is 57.1 Å². The van der Waals surface area contributed by atoms with Crippen molar-refractivity contribution in [3.63, 3.8) is 0 Å². The van der Waals surface area contributed by atoms with Crippen LogP contribution in [0.5, 0.6) is 17.5 Å². The van der Waals surface area contributed by atoms with Gasteiger partial charge in [-0.05, 0) is 56.4 Å². The van der Waals surface area contributed by atoms with E-state index in [2.05, 4.69) is 14.7 Å². The highest BCUT2D eigenvalue weighted by atomic mass is 35.5. The standard InChI is InChI=1S/C25H29Cl2N5O5S/c1-16-18(26)6-5-7-21(16)38(33,34)30-22-24(29-25-23(28-22)32(4)11-13-36-25)37-15-17-8-9-19(27)20(14-17)35-12-10-31(2)3/h5-9,14H,10-13,15H2,1-4H3,(H,28,30). The van der Waals surface area contributed by atoms with Gasteiger partial charge in [-0.3, -0.25) is 4.72 Å². The van der Waals surface area contributed by atoms with E-state index in [0.717, 1.165) is 12.1 Å². The summed E-state index contributed by atoms with van der Waals surface area (Å²) in [5.74, 6) is 1.06. The molecule has 1 aliphatic heterocycles. The Morgan fingerprint density at radius 1 is 1.13 bits per heavy atom. The number of rotatable bonds is 10. The van der Waals surface area contributed by atoms with Gasteiger partial charge in [0.1, 0.15) is 25.6 Å². The van der Waals surface area contributed by atoms with Gasteiger partial charge in [-0.15, -0.1) is 0 Å². The van der Waals surface area contributed by atoms with Crippen LogP contribution in [0, 0.1) is 6.92 Å². The smallest absolute Gasteiger partial charge is 0.263 e. The molecular formula is C25H29Cl2N5O5S. The molecule has 0 spiro atoms. The number of hydrogen-bond donors (Lipinski definition) is 1. The topological polar surface area (TPSA) is 106 Å². The summed E-state index contributed by atoms with van der Waals surface area (Å²) in [5, 5.41) is 0.809. The number of hydrogen-bond acceptors (Lipinski definition) is 9. The highest BCUT2D eigenvalue weighted by molar-refractivity contribution is 7.92. The fourth-order valence-corrected chi connectivity index (χ4v) is 5.26. The van der Waals surface area contributed by atoms with Crippen molar-refractivity contribution >= 4 is 44.9 Å². The molecule has 0 saturated carbocycles. The second-order valence-electron chi connectivity index (χ2n) is 8.95. The Bertz CT molecular complexity index is 1420. The van der Waals surface area contributed by atoms with E-state index in [1.807, 2.05) is 30.9 Å². The van der Waals surface area contributed by atoms with Crippen molar-refractivity contribution in [3.8, 4) is 17.5 Å². The fraction of sp³-hybridized carbons (Fsp3) is 0.360. The van der Waals surface area contributed by atoms with Gasteiger partial charge in [0.25, 0.3) is 21.8 Å². The first-order valence-electron chi connectivity index (χ1n) is 11.8. The first-order valence-corrected chi connectivity index (χ1v) is 14.0. The first-order chi connectivity index (χ1) is 18.0. The van der Waals surface area contributed by atoms with Crippen LogP contribution in [0.3, 0.4) is 0 Å². The molecule has 0 bridgehead atoms. The Morgan fingerprint density at radius 2 is 1.92 bits per heavy atom. The van der Waals surface area contributed by atoms with E-state index in [9.17, 15) is 8.42 Å². The summed E-state index contributed by atoms with van der Waals surface area (Å²) in [5.41, 5.74) is 1.16. The minimum atomic E-state index is -4.06. The number of benzene rings is 2. The third kappa shape index (κ3) is 6.52. The first kappa shape index (κ1) is 28.0. The molecule has 3 aromatic rings. The van der Waals surface area contributed by atoms with Crippen LogP contribution in [-0.2, 0) is 16.6 Å². The number of fused-ring (bicyclic) bond motifs is 1. The monoisotopic (exact) mass is 581 g/mol. The van der Waals surface area contributed by atoms with Gasteiger partial charge >= 0.3 is 0 Å². The van der Waals surface area contributed by atoms with Crippen LogP contribution < -0.4 is 23.8 Å². The molecule has 2 heterocycles. The Kier molecular flexibility index (Phi) is 8.71. The lowest BCUT2D eigenvalue weighted by molar-refractivity contribution is 0.258. The molecule has 0 fully saturated rings. The molecule has 1 aliphatic rings. The number of anilines is 2. The van der Waals surface area contributed by atoms with E-state index in [1.54, 1.807) is 37.3 Å². The molecule has 13 heteroatoms. The van der Waals surface area contributed by atoms with E-state index in [0.29, 0.717) is 46.9 Å². The summed E-state index contributed by atoms with van der Waals surface area (Å²) in [6.45, 7) is 3.86. The quantitative estimate of drug-likeness (QED) is 0.376. The van der Waals surface area contributed by atoms with Crippen LogP contribution in [0.4, 0.5) is 11.6 Å². The lowest BCUT2D eigenvalue weighted by Gasteiger charge is -2.26. The van der Waals surface area contributed by atoms with E-state index >= 15 is 0 Å². The van der Waals surface area contributed by atoms with Gasteiger partial charge in [0.05, 0.1) is 16.5 Å². The molecular weight excluding hydrogens is 553 g/mol. The number of ether oxygens (including phenoxy) is 3. The number of halogens is 2.